The average Bonchev–Trinajstić information content (AvgIpc) is 2.88. The standard InChI is InChI=1S/C15H16N4OS/c1-9(16)12-6-4-11(8-17-12)21-15-18-13-5-3-10(20-2)7-14(13)19-15/h3-9H,16H2,1-2H3,(H,18,19). The third kappa shape index (κ3) is 3.01. The van der Waals surface area contributed by atoms with Gasteiger partial charge in [0.25, 0.3) is 0 Å². The third-order valence-corrected chi connectivity index (χ3v) is 3.97. The number of nitrogens with zero attached hydrogens (tertiary/aromatic N) is 2. The fourth-order valence-electron chi connectivity index (χ4n) is 1.97. The minimum absolute atomic E-state index is 0.0530. The van der Waals surface area contributed by atoms with E-state index < -0.39 is 0 Å². The maximum Gasteiger partial charge on any atom is 0.171 e. The van der Waals surface area contributed by atoms with Gasteiger partial charge in [-0.15, -0.1) is 0 Å². The van der Waals surface area contributed by atoms with E-state index in [0.717, 1.165) is 32.5 Å². The number of benzene rings is 1. The molecule has 0 saturated heterocycles. The Kier molecular flexibility index (Phi) is 3.81. The lowest BCUT2D eigenvalue weighted by atomic mass is 10.2. The van der Waals surface area contributed by atoms with Gasteiger partial charge in [-0.25, -0.2) is 4.98 Å². The monoisotopic (exact) mass is 300 g/mol. The number of pyridine rings is 1. The SMILES string of the molecule is COc1ccc2nc(Sc3ccc(C(C)N)nc3)[nH]c2c1. The molecule has 3 N–H and O–H groups in total. The second kappa shape index (κ2) is 5.75. The van der Waals surface area contributed by atoms with Crippen LogP contribution in [0.5, 0.6) is 5.75 Å². The Balaban J connectivity index is 1.84. The van der Waals surface area contributed by atoms with Crippen LogP contribution in [0.4, 0.5) is 0 Å². The van der Waals surface area contributed by atoms with Gasteiger partial charge < -0.3 is 15.5 Å². The van der Waals surface area contributed by atoms with Crippen molar-refractivity contribution in [2.24, 2.45) is 5.73 Å². The average molecular weight is 300 g/mol. The van der Waals surface area contributed by atoms with E-state index in [1.165, 1.54) is 11.8 Å². The molecule has 2 heterocycles. The van der Waals surface area contributed by atoms with E-state index in [0.29, 0.717) is 0 Å². The normalized spacial score (nSPS) is 12.5. The molecular formula is C15H16N4OS. The Bertz CT molecular complexity index is 752. The summed E-state index contributed by atoms with van der Waals surface area (Å²) in [5.41, 5.74) is 8.55. The van der Waals surface area contributed by atoms with Gasteiger partial charge in [0, 0.05) is 23.2 Å². The van der Waals surface area contributed by atoms with Crippen molar-refractivity contribution in [2.75, 3.05) is 7.11 Å². The quantitative estimate of drug-likeness (QED) is 0.774. The van der Waals surface area contributed by atoms with Gasteiger partial charge in [0.15, 0.2) is 5.16 Å². The maximum absolute atomic E-state index is 5.79. The number of fused-ring (bicyclic) bond motifs is 1. The minimum Gasteiger partial charge on any atom is -0.497 e. The van der Waals surface area contributed by atoms with Crippen molar-refractivity contribution in [1.82, 2.24) is 15.0 Å². The molecule has 6 heteroatoms. The Morgan fingerprint density at radius 3 is 2.81 bits per heavy atom. The molecular weight excluding hydrogens is 284 g/mol. The van der Waals surface area contributed by atoms with E-state index in [1.807, 2.05) is 43.5 Å². The van der Waals surface area contributed by atoms with Crippen molar-refractivity contribution in [3.05, 3.63) is 42.2 Å². The largest absolute Gasteiger partial charge is 0.497 e. The van der Waals surface area contributed by atoms with Crippen LogP contribution in [-0.2, 0) is 0 Å². The molecule has 0 amide bonds. The second-order valence-corrected chi connectivity index (χ2v) is 5.80. The van der Waals surface area contributed by atoms with Crippen LogP contribution in [-0.4, -0.2) is 22.1 Å². The molecule has 3 aromatic rings. The molecule has 0 aliphatic heterocycles. The van der Waals surface area contributed by atoms with E-state index in [2.05, 4.69) is 15.0 Å². The molecule has 1 unspecified atom stereocenters. The lowest BCUT2D eigenvalue weighted by Gasteiger charge is -2.04. The van der Waals surface area contributed by atoms with E-state index in [1.54, 1.807) is 7.11 Å². The molecule has 0 bridgehead atoms. The van der Waals surface area contributed by atoms with Gasteiger partial charge in [-0.3, -0.25) is 4.98 Å². The van der Waals surface area contributed by atoms with Gasteiger partial charge in [0.05, 0.1) is 23.8 Å². The third-order valence-electron chi connectivity index (χ3n) is 3.11. The van der Waals surface area contributed by atoms with Gasteiger partial charge in [0.2, 0.25) is 0 Å². The van der Waals surface area contributed by atoms with Gasteiger partial charge in [0.1, 0.15) is 5.75 Å². The van der Waals surface area contributed by atoms with Crippen molar-refractivity contribution >= 4 is 22.8 Å². The Hall–Kier alpha value is -2.05. The van der Waals surface area contributed by atoms with Crippen LogP contribution in [0.2, 0.25) is 0 Å². The Labute approximate surface area is 126 Å². The number of hydrogen-bond donors (Lipinski definition) is 2. The highest BCUT2D eigenvalue weighted by atomic mass is 32.2. The predicted molar refractivity (Wildman–Crippen MR) is 83.6 cm³/mol. The zero-order valence-corrected chi connectivity index (χ0v) is 12.6. The van der Waals surface area contributed by atoms with Crippen molar-refractivity contribution in [3.8, 4) is 5.75 Å². The van der Waals surface area contributed by atoms with Crippen LogP contribution in [0.25, 0.3) is 11.0 Å². The molecule has 1 aromatic carbocycles. The summed E-state index contributed by atoms with van der Waals surface area (Å²) < 4.78 is 5.21. The summed E-state index contributed by atoms with van der Waals surface area (Å²) in [5.74, 6) is 0.811. The number of hydrogen-bond acceptors (Lipinski definition) is 5. The van der Waals surface area contributed by atoms with Gasteiger partial charge in [-0.2, -0.15) is 0 Å². The summed E-state index contributed by atoms with van der Waals surface area (Å²) in [6.45, 7) is 1.92. The van der Waals surface area contributed by atoms with Crippen molar-refractivity contribution in [2.45, 2.75) is 23.0 Å². The summed E-state index contributed by atoms with van der Waals surface area (Å²) in [6, 6.07) is 9.66. The summed E-state index contributed by atoms with van der Waals surface area (Å²) >= 11 is 1.54. The molecule has 5 nitrogen and oxygen atoms in total. The number of methoxy groups -OCH3 is 1. The molecule has 1 atom stereocenters. The zero-order valence-electron chi connectivity index (χ0n) is 11.8. The number of aromatic amines is 1. The molecule has 21 heavy (non-hydrogen) atoms. The number of nitrogens with two attached hydrogens (primary N) is 1. The highest BCUT2D eigenvalue weighted by Crippen LogP contribution is 2.28. The summed E-state index contributed by atoms with van der Waals surface area (Å²) in [5, 5.41) is 0.827. The smallest absolute Gasteiger partial charge is 0.171 e. The van der Waals surface area contributed by atoms with Crippen LogP contribution >= 0.6 is 11.8 Å². The molecule has 108 valence electrons. The summed E-state index contributed by atoms with van der Waals surface area (Å²) in [4.78, 5) is 13.2. The Morgan fingerprint density at radius 1 is 1.29 bits per heavy atom. The number of nitrogens with one attached hydrogen (secondary N) is 1. The van der Waals surface area contributed by atoms with E-state index in [9.17, 15) is 0 Å². The maximum atomic E-state index is 5.79. The van der Waals surface area contributed by atoms with Crippen LogP contribution in [0, 0.1) is 0 Å². The lowest BCUT2D eigenvalue weighted by Crippen LogP contribution is -2.06. The minimum atomic E-state index is -0.0530. The summed E-state index contributed by atoms with van der Waals surface area (Å²) in [7, 11) is 1.65. The zero-order chi connectivity index (χ0) is 14.8. The number of H-pyrrole nitrogens is 1. The highest BCUT2D eigenvalue weighted by molar-refractivity contribution is 7.99. The number of rotatable bonds is 4. The molecule has 0 aliphatic carbocycles. The van der Waals surface area contributed by atoms with Gasteiger partial charge in [-0.05, 0) is 31.2 Å². The van der Waals surface area contributed by atoms with E-state index in [-0.39, 0.29) is 6.04 Å². The van der Waals surface area contributed by atoms with Gasteiger partial charge >= 0.3 is 0 Å². The van der Waals surface area contributed by atoms with Crippen molar-refractivity contribution < 1.29 is 4.74 Å². The number of ether oxygens (including phenoxy) is 1. The lowest BCUT2D eigenvalue weighted by molar-refractivity contribution is 0.415. The molecule has 2 aromatic heterocycles. The number of imidazole rings is 1. The topological polar surface area (TPSA) is 76.8 Å². The molecule has 0 spiro atoms. The number of aromatic nitrogens is 3. The van der Waals surface area contributed by atoms with Crippen LogP contribution < -0.4 is 10.5 Å². The van der Waals surface area contributed by atoms with Crippen molar-refractivity contribution in [3.63, 3.8) is 0 Å². The van der Waals surface area contributed by atoms with Crippen LogP contribution in [0.3, 0.4) is 0 Å². The first-order valence-corrected chi connectivity index (χ1v) is 7.40. The van der Waals surface area contributed by atoms with Crippen LogP contribution in [0.15, 0.2) is 46.6 Å². The highest BCUT2D eigenvalue weighted by Gasteiger charge is 2.07. The predicted octanol–water partition coefficient (Wildman–Crippen LogP) is 3.14. The van der Waals surface area contributed by atoms with E-state index in [4.69, 9.17) is 10.5 Å². The van der Waals surface area contributed by atoms with Crippen LogP contribution in [0.1, 0.15) is 18.7 Å². The molecule has 0 radical (unpaired) electrons. The molecule has 0 aliphatic rings. The fraction of sp³-hybridized carbons (Fsp3) is 0.200. The molecule has 3 rings (SSSR count). The van der Waals surface area contributed by atoms with Crippen molar-refractivity contribution in [1.29, 1.82) is 0 Å². The second-order valence-electron chi connectivity index (χ2n) is 4.73. The molecule has 0 fully saturated rings. The first-order valence-electron chi connectivity index (χ1n) is 6.59. The first-order chi connectivity index (χ1) is 10.2. The fourth-order valence-corrected chi connectivity index (χ4v) is 2.74. The summed E-state index contributed by atoms with van der Waals surface area (Å²) in [6.07, 6.45) is 1.82. The Morgan fingerprint density at radius 2 is 2.14 bits per heavy atom. The first kappa shape index (κ1) is 13.9. The van der Waals surface area contributed by atoms with Gasteiger partial charge in [-0.1, -0.05) is 11.8 Å². The van der Waals surface area contributed by atoms with E-state index >= 15 is 0 Å². The molecule has 0 saturated carbocycles.